The van der Waals surface area contributed by atoms with Crippen LogP contribution in [0.1, 0.15) is 20.3 Å². The molecule has 0 amide bonds. The van der Waals surface area contributed by atoms with E-state index in [0.717, 1.165) is 5.92 Å². The van der Waals surface area contributed by atoms with Gasteiger partial charge in [0.2, 0.25) is 0 Å². The van der Waals surface area contributed by atoms with Crippen molar-refractivity contribution in [3.05, 3.63) is 11.6 Å². The molecule has 0 N–H and O–H groups in total. The van der Waals surface area contributed by atoms with E-state index in [0.29, 0.717) is 4.83 Å². The van der Waals surface area contributed by atoms with Gasteiger partial charge >= 0.3 is 0 Å². The van der Waals surface area contributed by atoms with Gasteiger partial charge in [-0.3, -0.25) is 0 Å². The summed E-state index contributed by atoms with van der Waals surface area (Å²) in [7, 11) is 0. The topological polar surface area (TPSA) is 0 Å². The molecule has 8 heavy (non-hydrogen) atoms. The summed E-state index contributed by atoms with van der Waals surface area (Å²) >= 11 is 3.59. The van der Waals surface area contributed by atoms with Gasteiger partial charge in [-0.25, -0.2) is 0 Å². The minimum atomic E-state index is 0.711. The van der Waals surface area contributed by atoms with Crippen LogP contribution in [0, 0.1) is 5.92 Å². The Bertz CT molecular complexity index is 116. The van der Waals surface area contributed by atoms with Crippen molar-refractivity contribution in [1.29, 1.82) is 0 Å². The van der Waals surface area contributed by atoms with Crippen LogP contribution in [0.25, 0.3) is 0 Å². The number of alkyl halides is 1. The third-order valence-corrected chi connectivity index (χ3v) is 2.79. The van der Waals surface area contributed by atoms with Gasteiger partial charge in [0.1, 0.15) is 0 Å². The van der Waals surface area contributed by atoms with Crippen molar-refractivity contribution in [2.24, 2.45) is 5.92 Å². The molecule has 0 nitrogen and oxygen atoms in total. The van der Waals surface area contributed by atoms with Crippen molar-refractivity contribution in [3.63, 3.8) is 0 Å². The van der Waals surface area contributed by atoms with Crippen LogP contribution in [0.5, 0.6) is 0 Å². The summed E-state index contributed by atoms with van der Waals surface area (Å²) < 4.78 is 0. The summed E-state index contributed by atoms with van der Waals surface area (Å²) in [5.74, 6) is 0.745. The van der Waals surface area contributed by atoms with Gasteiger partial charge in [-0.15, -0.1) is 0 Å². The van der Waals surface area contributed by atoms with E-state index in [4.69, 9.17) is 0 Å². The van der Waals surface area contributed by atoms with Gasteiger partial charge in [0.25, 0.3) is 0 Å². The SMILES string of the molecule is CC1=C[C@H](C)[C@@H](Br)C1. The van der Waals surface area contributed by atoms with E-state index in [2.05, 4.69) is 35.9 Å². The largest absolute Gasteiger partial charge is 0.0881 e. The van der Waals surface area contributed by atoms with Gasteiger partial charge < -0.3 is 0 Å². The van der Waals surface area contributed by atoms with Gasteiger partial charge in [0, 0.05) is 4.83 Å². The van der Waals surface area contributed by atoms with Crippen molar-refractivity contribution < 1.29 is 0 Å². The highest BCUT2D eigenvalue weighted by atomic mass is 79.9. The summed E-state index contributed by atoms with van der Waals surface area (Å²) in [6.45, 7) is 4.44. The molecule has 0 saturated carbocycles. The third-order valence-electron chi connectivity index (χ3n) is 1.63. The molecular formula is C7H11Br. The zero-order chi connectivity index (χ0) is 6.15. The van der Waals surface area contributed by atoms with Crippen LogP contribution in [0.2, 0.25) is 0 Å². The number of halogens is 1. The van der Waals surface area contributed by atoms with Crippen LogP contribution in [0.4, 0.5) is 0 Å². The van der Waals surface area contributed by atoms with Crippen molar-refractivity contribution >= 4 is 15.9 Å². The standard InChI is InChI=1S/C7H11Br/c1-5-3-6(2)7(8)4-5/h3,6-7H,4H2,1-2H3/t6-,7-/m0/s1. The molecule has 0 aromatic rings. The molecule has 0 aromatic heterocycles. The summed E-state index contributed by atoms with van der Waals surface area (Å²) in [5.41, 5.74) is 1.53. The lowest BCUT2D eigenvalue weighted by Gasteiger charge is -2.03. The van der Waals surface area contributed by atoms with Gasteiger partial charge in [0.15, 0.2) is 0 Å². The molecule has 0 fully saturated rings. The molecule has 1 rings (SSSR count). The first kappa shape index (κ1) is 6.34. The normalized spacial score (nSPS) is 37.6. The van der Waals surface area contributed by atoms with Gasteiger partial charge in [-0.2, -0.15) is 0 Å². The maximum absolute atomic E-state index is 3.59. The Balaban J connectivity index is 2.56. The molecule has 1 aliphatic rings. The molecule has 0 aliphatic heterocycles. The molecule has 0 bridgehead atoms. The van der Waals surface area contributed by atoms with E-state index in [-0.39, 0.29) is 0 Å². The lowest BCUT2D eigenvalue weighted by atomic mass is 10.2. The van der Waals surface area contributed by atoms with Crippen molar-refractivity contribution in [3.8, 4) is 0 Å². The van der Waals surface area contributed by atoms with E-state index >= 15 is 0 Å². The van der Waals surface area contributed by atoms with E-state index in [1.54, 1.807) is 0 Å². The molecule has 0 spiro atoms. The Morgan fingerprint density at radius 1 is 1.75 bits per heavy atom. The lowest BCUT2D eigenvalue weighted by Crippen LogP contribution is -1.99. The van der Waals surface area contributed by atoms with Crippen molar-refractivity contribution in [2.75, 3.05) is 0 Å². The average molecular weight is 175 g/mol. The minimum Gasteiger partial charge on any atom is -0.0881 e. The molecule has 0 heterocycles. The van der Waals surface area contributed by atoms with Crippen LogP contribution < -0.4 is 0 Å². The molecule has 46 valence electrons. The second-order valence-electron chi connectivity index (χ2n) is 2.59. The van der Waals surface area contributed by atoms with Gasteiger partial charge in [0.05, 0.1) is 0 Å². The average Bonchev–Trinajstić information content (AvgIpc) is 1.85. The fourth-order valence-electron chi connectivity index (χ4n) is 1.11. The molecule has 0 unspecified atom stereocenters. The summed E-state index contributed by atoms with van der Waals surface area (Å²) in [5, 5.41) is 0. The first-order chi connectivity index (χ1) is 3.70. The fraction of sp³-hybridized carbons (Fsp3) is 0.714. The van der Waals surface area contributed by atoms with Crippen LogP contribution in [0.3, 0.4) is 0 Å². The minimum absolute atomic E-state index is 0.711. The van der Waals surface area contributed by atoms with Crippen LogP contribution in [-0.2, 0) is 0 Å². The highest BCUT2D eigenvalue weighted by Gasteiger charge is 2.17. The van der Waals surface area contributed by atoms with E-state index < -0.39 is 0 Å². The Labute approximate surface area is 59.1 Å². The van der Waals surface area contributed by atoms with E-state index in [1.165, 1.54) is 12.0 Å². The molecule has 1 aliphatic carbocycles. The zero-order valence-corrected chi connectivity index (χ0v) is 6.90. The quantitative estimate of drug-likeness (QED) is 0.392. The predicted molar refractivity (Wildman–Crippen MR) is 40.3 cm³/mol. The number of rotatable bonds is 0. The predicted octanol–water partition coefficient (Wildman–Crippen LogP) is 2.74. The lowest BCUT2D eigenvalue weighted by molar-refractivity contribution is 0.729. The van der Waals surface area contributed by atoms with Crippen LogP contribution in [0.15, 0.2) is 11.6 Å². The Morgan fingerprint density at radius 3 is 2.50 bits per heavy atom. The van der Waals surface area contributed by atoms with E-state index in [1.807, 2.05) is 0 Å². The third kappa shape index (κ3) is 1.13. The smallest absolute Gasteiger partial charge is 0.0243 e. The van der Waals surface area contributed by atoms with Crippen molar-refractivity contribution in [2.45, 2.75) is 25.1 Å². The first-order valence-corrected chi connectivity index (χ1v) is 3.93. The summed E-state index contributed by atoms with van der Waals surface area (Å²) in [4.78, 5) is 0.711. The summed E-state index contributed by atoms with van der Waals surface area (Å²) in [6.07, 6.45) is 3.57. The monoisotopic (exact) mass is 174 g/mol. The van der Waals surface area contributed by atoms with Gasteiger partial charge in [-0.1, -0.05) is 34.5 Å². The Morgan fingerprint density at radius 2 is 2.38 bits per heavy atom. The highest BCUT2D eigenvalue weighted by Crippen LogP contribution is 2.29. The summed E-state index contributed by atoms with van der Waals surface area (Å²) in [6, 6.07) is 0. The Hall–Kier alpha value is 0.220. The molecular weight excluding hydrogens is 164 g/mol. The number of allylic oxidation sites excluding steroid dienone is 2. The zero-order valence-electron chi connectivity index (χ0n) is 5.32. The molecule has 2 atom stereocenters. The van der Waals surface area contributed by atoms with Crippen LogP contribution >= 0.6 is 15.9 Å². The molecule has 1 heteroatoms. The Kier molecular flexibility index (Phi) is 1.76. The maximum atomic E-state index is 3.59. The van der Waals surface area contributed by atoms with E-state index in [9.17, 15) is 0 Å². The molecule has 0 saturated heterocycles. The molecule has 0 radical (unpaired) electrons. The van der Waals surface area contributed by atoms with Crippen molar-refractivity contribution in [1.82, 2.24) is 0 Å². The first-order valence-electron chi connectivity index (χ1n) is 3.01. The van der Waals surface area contributed by atoms with Crippen LogP contribution in [-0.4, -0.2) is 4.83 Å². The molecule has 0 aromatic carbocycles. The highest BCUT2D eigenvalue weighted by molar-refractivity contribution is 9.09. The number of hydrogen-bond donors (Lipinski definition) is 0. The maximum Gasteiger partial charge on any atom is 0.0243 e. The second kappa shape index (κ2) is 2.22. The van der Waals surface area contributed by atoms with Gasteiger partial charge in [-0.05, 0) is 19.3 Å². The number of hydrogen-bond acceptors (Lipinski definition) is 0. The second-order valence-corrected chi connectivity index (χ2v) is 3.77. The fourth-order valence-corrected chi connectivity index (χ4v) is 1.78.